The average molecular weight is 226 g/mol. The molecule has 2 rings (SSSR count). The van der Waals surface area contributed by atoms with E-state index >= 15 is 0 Å². The van der Waals surface area contributed by atoms with Crippen molar-refractivity contribution in [3.05, 3.63) is 35.4 Å². The van der Waals surface area contributed by atoms with Gasteiger partial charge >= 0.3 is 0 Å². The van der Waals surface area contributed by atoms with Gasteiger partial charge in [0.2, 0.25) is 0 Å². The molecule has 16 heavy (non-hydrogen) atoms. The van der Waals surface area contributed by atoms with Crippen LogP contribution in [-0.2, 0) is 6.54 Å². The standard InChI is InChI=1S/C12H16F2N2/c13-11-1-2-12(14)10(5-11)8-16-7-9-3-4-15-6-9/h1-2,5,9,15-16H,3-4,6-8H2. The molecular formula is C12H16F2N2. The zero-order valence-corrected chi connectivity index (χ0v) is 9.10. The lowest BCUT2D eigenvalue weighted by atomic mass is 10.1. The molecule has 0 saturated carbocycles. The molecule has 0 bridgehead atoms. The second kappa shape index (κ2) is 5.37. The summed E-state index contributed by atoms with van der Waals surface area (Å²) >= 11 is 0. The van der Waals surface area contributed by atoms with Gasteiger partial charge in [-0.15, -0.1) is 0 Å². The highest BCUT2D eigenvalue weighted by atomic mass is 19.1. The molecule has 1 heterocycles. The summed E-state index contributed by atoms with van der Waals surface area (Å²) in [7, 11) is 0. The Balaban J connectivity index is 1.82. The largest absolute Gasteiger partial charge is 0.316 e. The lowest BCUT2D eigenvalue weighted by molar-refractivity contribution is 0.501. The maximum Gasteiger partial charge on any atom is 0.127 e. The van der Waals surface area contributed by atoms with E-state index in [1.807, 2.05) is 0 Å². The van der Waals surface area contributed by atoms with Crippen molar-refractivity contribution in [2.45, 2.75) is 13.0 Å². The van der Waals surface area contributed by atoms with Gasteiger partial charge in [0.15, 0.2) is 0 Å². The van der Waals surface area contributed by atoms with Crippen molar-refractivity contribution in [2.75, 3.05) is 19.6 Å². The SMILES string of the molecule is Fc1ccc(F)c(CNCC2CCNC2)c1. The van der Waals surface area contributed by atoms with Crippen LogP contribution in [0.5, 0.6) is 0 Å². The Morgan fingerprint density at radius 2 is 2.25 bits per heavy atom. The van der Waals surface area contributed by atoms with Crippen LogP contribution in [0.25, 0.3) is 0 Å². The number of hydrogen-bond donors (Lipinski definition) is 2. The number of halogens is 2. The predicted octanol–water partition coefficient (Wildman–Crippen LogP) is 1.66. The normalized spacial score (nSPS) is 20.2. The van der Waals surface area contributed by atoms with Gasteiger partial charge in [0.25, 0.3) is 0 Å². The third kappa shape index (κ3) is 3.00. The Morgan fingerprint density at radius 1 is 1.38 bits per heavy atom. The molecule has 4 heteroatoms. The molecule has 1 aliphatic heterocycles. The minimum atomic E-state index is -0.388. The molecule has 1 saturated heterocycles. The van der Waals surface area contributed by atoms with Gasteiger partial charge in [-0.05, 0) is 50.2 Å². The van der Waals surface area contributed by atoms with Gasteiger partial charge in [0.05, 0.1) is 0 Å². The summed E-state index contributed by atoms with van der Waals surface area (Å²) in [6.07, 6.45) is 1.15. The fraction of sp³-hybridized carbons (Fsp3) is 0.500. The van der Waals surface area contributed by atoms with Crippen LogP contribution in [0.1, 0.15) is 12.0 Å². The van der Waals surface area contributed by atoms with Crippen LogP contribution in [0.2, 0.25) is 0 Å². The lowest BCUT2D eigenvalue weighted by Gasteiger charge is -2.10. The van der Waals surface area contributed by atoms with Gasteiger partial charge in [-0.1, -0.05) is 0 Å². The van der Waals surface area contributed by atoms with Crippen LogP contribution in [0, 0.1) is 17.6 Å². The highest BCUT2D eigenvalue weighted by Gasteiger charge is 2.13. The minimum Gasteiger partial charge on any atom is -0.316 e. The molecule has 88 valence electrons. The summed E-state index contributed by atoms with van der Waals surface area (Å²) in [4.78, 5) is 0. The molecule has 1 unspecified atom stereocenters. The van der Waals surface area contributed by atoms with Gasteiger partial charge in [-0.2, -0.15) is 0 Å². The maximum absolute atomic E-state index is 13.3. The van der Waals surface area contributed by atoms with E-state index in [0.29, 0.717) is 18.0 Å². The molecule has 1 aliphatic rings. The molecule has 0 aromatic heterocycles. The Bertz CT molecular complexity index is 349. The smallest absolute Gasteiger partial charge is 0.127 e. The fourth-order valence-electron chi connectivity index (χ4n) is 1.98. The van der Waals surface area contributed by atoms with Gasteiger partial charge in [0, 0.05) is 12.1 Å². The van der Waals surface area contributed by atoms with Gasteiger partial charge < -0.3 is 10.6 Å². The molecular weight excluding hydrogens is 210 g/mol. The quantitative estimate of drug-likeness (QED) is 0.816. The zero-order chi connectivity index (χ0) is 11.4. The Hall–Kier alpha value is -1.00. The van der Waals surface area contributed by atoms with E-state index in [2.05, 4.69) is 10.6 Å². The topological polar surface area (TPSA) is 24.1 Å². The van der Waals surface area contributed by atoms with Crippen LogP contribution < -0.4 is 10.6 Å². The minimum absolute atomic E-state index is 0.349. The van der Waals surface area contributed by atoms with Gasteiger partial charge in [-0.25, -0.2) is 8.78 Å². The van der Waals surface area contributed by atoms with Crippen molar-refractivity contribution < 1.29 is 8.78 Å². The molecule has 1 aromatic carbocycles. The Kier molecular flexibility index (Phi) is 3.85. The van der Waals surface area contributed by atoms with Crippen molar-refractivity contribution in [1.29, 1.82) is 0 Å². The van der Waals surface area contributed by atoms with E-state index in [4.69, 9.17) is 0 Å². The van der Waals surface area contributed by atoms with Crippen molar-refractivity contribution >= 4 is 0 Å². The summed E-state index contributed by atoms with van der Waals surface area (Å²) in [6.45, 7) is 3.31. The van der Waals surface area contributed by atoms with E-state index in [1.54, 1.807) is 0 Å². The van der Waals surface area contributed by atoms with Crippen molar-refractivity contribution in [1.82, 2.24) is 10.6 Å². The molecule has 2 nitrogen and oxygen atoms in total. The summed E-state index contributed by atoms with van der Waals surface area (Å²) in [5.41, 5.74) is 0.394. The van der Waals surface area contributed by atoms with Crippen LogP contribution in [0.3, 0.4) is 0 Å². The van der Waals surface area contributed by atoms with Crippen molar-refractivity contribution in [3.8, 4) is 0 Å². The molecule has 0 spiro atoms. The number of nitrogens with one attached hydrogen (secondary N) is 2. The summed E-state index contributed by atoms with van der Waals surface area (Å²) in [6, 6.07) is 3.55. The van der Waals surface area contributed by atoms with E-state index < -0.39 is 0 Å². The summed E-state index contributed by atoms with van der Waals surface area (Å²) < 4.78 is 26.1. The number of benzene rings is 1. The fourth-order valence-corrected chi connectivity index (χ4v) is 1.98. The monoisotopic (exact) mass is 226 g/mol. The third-order valence-electron chi connectivity index (χ3n) is 2.92. The molecule has 2 N–H and O–H groups in total. The zero-order valence-electron chi connectivity index (χ0n) is 9.10. The first-order valence-electron chi connectivity index (χ1n) is 5.61. The van der Waals surface area contributed by atoms with E-state index in [0.717, 1.165) is 32.1 Å². The molecule has 0 aliphatic carbocycles. The van der Waals surface area contributed by atoms with Crippen molar-refractivity contribution in [3.63, 3.8) is 0 Å². The second-order valence-electron chi connectivity index (χ2n) is 4.23. The first kappa shape index (κ1) is 11.5. The third-order valence-corrected chi connectivity index (χ3v) is 2.92. The van der Waals surface area contributed by atoms with Gasteiger partial charge in [-0.3, -0.25) is 0 Å². The molecule has 0 amide bonds. The van der Waals surface area contributed by atoms with Gasteiger partial charge in [0.1, 0.15) is 11.6 Å². The van der Waals surface area contributed by atoms with Crippen LogP contribution >= 0.6 is 0 Å². The lowest BCUT2D eigenvalue weighted by Crippen LogP contribution is -2.24. The molecule has 0 radical (unpaired) electrons. The van der Waals surface area contributed by atoms with Crippen LogP contribution in [0.4, 0.5) is 8.78 Å². The second-order valence-corrected chi connectivity index (χ2v) is 4.23. The maximum atomic E-state index is 13.3. The predicted molar refractivity (Wildman–Crippen MR) is 59.0 cm³/mol. The Morgan fingerprint density at radius 3 is 3.00 bits per heavy atom. The first-order valence-corrected chi connectivity index (χ1v) is 5.61. The number of hydrogen-bond acceptors (Lipinski definition) is 2. The molecule has 1 aromatic rings. The highest BCUT2D eigenvalue weighted by Crippen LogP contribution is 2.10. The molecule has 1 atom stereocenters. The average Bonchev–Trinajstić information content (AvgIpc) is 2.76. The Labute approximate surface area is 94.0 Å². The first-order chi connectivity index (χ1) is 7.75. The van der Waals surface area contributed by atoms with Crippen LogP contribution in [-0.4, -0.2) is 19.6 Å². The van der Waals surface area contributed by atoms with Crippen molar-refractivity contribution in [2.24, 2.45) is 5.92 Å². The summed E-state index contributed by atoms with van der Waals surface area (Å²) in [5.74, 6) is -0.129. The highest BCUT2D eigenvalue weighted by molar-refractivity contribution is 5.18. The van der Waals surface area contributed by atoms with E-state index in [1.165, 1.54) is 12.1 Å². The molecule has 1 fully saturated rings. The number of rotatable bonds is 4. The van der Waals surface area contributed by atoms with E-state index in [9.17, 15) is 8.78 Å². The van der Waals surface area contributed by atoms with Crippen LogP contribution in [0.15, 0.2) is 18.2 Å². The summed E-state index contributed by atoms with van der Waals surface area (Å²) in [5, 5.41) is 6.43. The van der Waals surface area contributed by atoms with E-state index in [-0.39, 0.29) is 11.6 Å².